The molecule has 148 valence electrons. The number of nitrogens with zero attached hydrogens (tertiary/aromatic N) is 5. The molecule has 7 nitrogen and oxygen atoms in total. The second-order valence-electron chi connectivity index (χ2n) is 6.76. The molecule has 4 aromatic rings. The smallest absolute Gasteiger partial charge is 0.256 e. The fraction of sp³-hybridized carbons (Fsp3) is 0.238. The number of aromatic nitrogens is 4. The zero-order valence-electron chi connectivity index (χ0n) is 16.3. The van der Waals surface area contributed by atoms with E-state index in [1.165, 1.54) is 11.8 Å². The van der Waals surface area contributed by atoms with E-state index in [1.54, 1.807) is 11.2 Å². The van der Waals surface area contributed by atoms with Crippen LogP contribution in [-0.2, 0) is 17.9 Å². The summed E-state index contributed by atoms with van der Waals surface area (Å²) in [6.45, 7) is 4.84. The molecular formula is C21H21N5O2S. The van der Waals surface area contributed by atoms with Gasteiger partial charge >= 0.3 is 0 Å². The lowest BCUT2D eigenvalue weighted by molar-refractivity contribution is -0.129. The van der Waals surface area contributed by atoms with Crippen LogP contribution in [0.1, 0.15) is 22.7 Å². The van der Waals surface area contributed by atoms with Gasteiger partial charge in [0, 0.05) is 17.9 Å². The summed E-state index contributed by atoms with van der Waals surface area (Å²) in [6.07, 6.45) is 1.62. The summed E-state index contributed by atoms with van der Waals surface area (Å²) < 4.78 is 7.33. The van der Waals surface area contributed by atoms with Crippen molar-refractivity contribution in [2.45, 2.75) is 32.1 Å². The number of hydrogen-bond donors (Lipinski definition) is 0. The van der Waals surface area contributed by atoms with Gasteiger partial charge in [-0.2, -0.15) is 0 Å². The highest BCUT2D eigenvalue weighted by molar-refractivity contribution is 7.99. The number of amides is 1. The van der Waals surface area contributed by atoms with Crippen molar-refractivity contribution in [3.8, 4) is 0 Å². The summed E-state index contributed by atoms with van der Waals surface area (Å²) in [5.74, 6) is 1.56. The van der Waals surface area contributed by atoms with Crippen molar-refractivity contribution in [2.24, 2.45) is 0 Å². The van der Waals surface area contributed by atoms with Gasteiger partial charge in [0.15, 0.2) is 5.16 Å². The van der Waals surface area contributed by atoms with Gasteiger partial charge in [0.05, 0.1) is 18.6 Å². The van der Waals surface area contributed by atoms with E-state index in [1.807, 2.05) is 66.8 Å². The average molecular weight is 407 g/mol. The number of carbonyl (C=O) groups is 1. The molecule has 0 aliphatic carbocycles. The van der Waals surface area contributed by atoms with Crippen LogP contribution in [0.15, 0.2) is 64.4 Å². The maximum Gasteiger partial charge on any atom is 0.256 e. The van der Waals surface area contributed by atoms with Crippen LogP contribution in [0.25, 0.3) is 5.78 Å². The van der Waals surface area contributed by atoms with Gasteiger partial charge in [-0.15, -0.1) is 10.2 Å². The first-order chi connectivity index (χ1) is 14.1. The number of furan rings is 1. The molecule has 8 heteroatoms. The average Bonchev–Trinajstić information content (AvgIpc) is 3.36. The SMILES string of the molecule is Cc1cc(C)n2c(SCC(=O)N(Cc3ccccc3)Cc3ccco3)nnc2n1. The fourth-order valence-corrected chi connectivity index (χ4v) is 4.03. The Labute approximate surface area is 172 Å². The Morgan fingerprint density at radius 3 is 2.69 bits per heavy atom. The minimum absolute atomic E-state index is 0.00438. The van der Waals surface area contributed by atoms with E-state index in [4.69, 9.17) is 4.42 Å². The summed E-state index contributed by atoms with van der Waals surface area (Å²) >= 11 is 1.36. The number of hydrogen-bond acceptors (Lipinski definition) is 6. The molecule has 0 saturated heterocycles. The minimum Gasteiger partial charge on any atom is -0.467 e. The van der Waals surface area contributed by atoms with Crippen molar-refractivity contribution in [2.75, 3.05) is 5.75 Å². The Balaban J connectivity index is 1.50. The highest BCUT2D eigenvalue weighted by atomic mass is 32.2. The van der Waals surface area contributed by atoms with Crippen LogP contribution < -0.4 is 0 Å². The molecule has 29 heavy (non-hydrogen) atoms. The largest absolute Gasteiger partial charge is 0.467 e. The lowest BCUT2D eigenvalue weighted by Crippen LogP contribution is -2.31. The van der Waals surface area contributed by atoms with Gasteiger partial charge in [-0.1, -0.05) is 42.1 Å². The normalized spacial score (nSPS) is 11.1. The van der Waals surface area contributed by atoms with Gasteiger partial charge in [-0.25, -0.2) is 4.98 Å². The molecular weight excluding hydrogens is 386 g/mol. The van der Waals surface area contributed by atoms with E-state index in [-0.39, 0.29) is 11.7 Å². The molecule has 3 aromatic heterocycles. The molecule has 3 heterocycles. The number of rotatable bonds is 7. The predicted molar refractivity (Wildman–Crippen MR) is 110 cm³/mol. The van der Waals surface area contributed by atoms with Crippen molar-refractivity contribution in [3.05, 3.63) is 77.5 Å². The van der Waals surface area contributed by atoms with Crippen molar-refractivity contribution >= 4 is 23.4 Å². The van der Waals surface area contributed by atoms with E-state index in [2.05, 4.69) is 15.2 Å². The molecule has 0 atom stereocenters. The molecule has 0 aliphatic heterocycles. The summed E-state index contributed by atoms with van der Waals surface area (Å²) in [6, 6.07) is 15.6. The first-order valence-corrected chi connectivity index (χ1v) is 10.2. The highest BCUT2D eigenvalue weighted by Gasteiger charge is 2.18. The van der Waals surface area contributed by atoms with Gasteiger partial charge in [-0.3, -0.25) is 9.20 Å². The first-order valence-electron chi connectivity index (χ1n) is 9.26. The summed E-state index contributed by atoms with van der Waals surface area (Å²) in [5.41, 5.74) is 2.95. The van der Waals surface area contributed by atoms with Crippen molar-refractivity contribution in [1.29, 1.82) is 0 Å². The third kappa shape index (κ3) is 4.48. The van der Waals surface area contributed by atoms with E-state index in [0.717, 1.165) is 22.7 Å². The lowest BCUT2D eigenvalue weighted by atomic mass is 10.2. The van der Waals surface area contributed by atoms with Gasteiger partial charge in [0.1, 0.15) is 5.76 Å². The molecule has 0 bridgehead atoms. The fourth-order valence-electron chi connectivity index (χ4n) is 3.14. The van der Waals surface area contributed by atoms with E-state index in [0.29, 0.717) is 24.0 Å². The van der Waals surface area contributed by atoms with Crippen molar-refractivity contribution in [1.82, 2.24) is 24.5 Å². The summed E-state index contributed by atoms with van der Waals surface area (Å²) in [4.78, 5) is 19.2. The van der Waals surface area contributed by atoms with Crippen molar-refractivity contribution in [3.63, 3.8) is 0 Å². The van der Waals surface area contributed by atoms with Crippen molar-refractivity contribution < 1.29 is 9.21 Å². The quantitative estimate of drug-likeness (QED) is 0.435. The van der Waals surface area contributed by atoms with Crippen LogP contribution in [0.2, 0.25) is 0 Å². The lowest BCUT2D eigenvalue weighted by Gasteiger charge is -2.21. The molecule has 0 saturated carbocycles. The molecule has 4 rings (SSSR count). The Morgan fingerprint density at radius 2 is 1.93 bits per heavy atom. The van der Waals surface area contributed by atoms with E-state index < -0.39 is 0 Å². The zero-order chi connectivity index (χ0) is 20.2. The van der Waals surface area contributed by atoms with Crippen LogP contribution in [-0.4, -0.2) is 36.1 Å². The maximum atomic E-state index is 13.0. The van der Waals surface area contributed by atoms with Gasteiger partial charge in [0.25, 0.3) is 5.78 Å². The molecule has 0 aliphatic rings. The number of fused-ring (bicyclic) bond motifs is 1. The van der Waals surface area contributed by atoms with Gasteiger partial charge in [0.2, 0.25) is 5.91 Å². The zero-order valence-corrected chi connectivity index (χ0v) is 17.1. The van der Waals surface area contributed by atoms with E-state index >= 15 is 0 Å². The van der Waals surface area contributed by atoms with Crippen LogP contribution >= 0.6 is 11.8 Å². The Hall–Kier alpha value is -3.13. The van der Waals surface area contributed by atoms with E-state index in [9.17, 15) is 4.79 Å². The van der Waals surface area contributed by atoms with Gasteiger partial charge in [-0.05, 0) is 37.6 Å². The first kappa shape index (κ1) is 19.2. The Kier molecular flexibility index (Phi) is 5.62. The molecule has 0 N–H and O–H groups in total. The number of carbonyl (C=O) groups excluding carboxylic acids is 1. The standard InChI is InChI=1S/C21H21N5O2S/c1-15-11-16(2)26-20(22-15)23-24-21(26)29-14-19(27)25(13-18-9-6-10-28-18)12-17-7-4-3-5-8-17/h3-11H,12-14H2,1-2H3. The number of benzene rings is 1. The third-order valence-electron chi connectivity index (χ3n) is 4.48. The van der Waals surface area contributed by atoms with Gasteiger partial charge < -0.3 is 9.32 Å². The highest BCUT2D eigenvalue weighted by Crippen LogP contribution is 2.20. The second kappa shape index (κ2) is 8.48. The topological polar surface area (TPSA) is 76.5 Å². The molecule has 0 spiro atoms. The molecule has 0 radical (unpaired) electrons. The van der Waals surface area contributed by atoms with Crippen LogP contribution in [0.3, 0.4) is 0 Å². The monoisotopic (exact) mass is 407 g/mol. The minimum atomic E-state index is 0.00438. The number of thioether (sulfide) groups is 1. The molecule has 0 fully saturated rings. The predicted octanol–water partition coefficient (Wildman–Crippen LogP) is 3.66. The molecule has 0 unspecified atom stereocenters. The van der Waals surface area contributed by atoms with Crippen LogP contribution in [0.4, 0.5) is 0 Å². The second-order valence-corrected chi connectivity index (χ2v) is 7.70. The molecule has 1 aromatic carbocycles. The summed E-state index contributed by atoms with van der Waals surface area (Å²) in [5, 5.41) is 9.01. The summed E-state index contributed by atoms with van der Waals surface area (Å²) in [7, 11) is 0. The van der Waals surface area contributed by atoms with Crippen LogP contribution in [0.5, 0.6) is 0 Å². The molecule has 1 amide bonds. The maximum absolute atomic E-state index is 13.0. The third-order valence-corrected chi connectivity index (χ3v) is 5.40. The van der Waals surface area contributed by atoms with Crippen LogP contribution in [0, 0.1) is 13.8 Å². The number of aryl methyl sites for hydroxylation is 2. The Bertz CT molecular complexity index is 1110. The Morgan fingerprint density at radius 1 is 1.10 bits per heavy atom.